The fourth-order valence-electron chi connectivity index (χ4n) is 4.47. The second kappa shape index (κ2) is 15.6. The summed E-state index contributed by atoms with van der Waals surface area (Å²) in [5.41, 5.74) is 1.00. The van der Waals surface area contributed by atoms with Gasteiger partial charge in [0, 0.05) is 17.6 Å². The fraction of sp³-hybridized carbons (Fsp3) is 0.375. The number of nitrogens with one attached hydrogen (secondary N) is 1. The van der Waals surface area contributed by atoms with Crippen molar-refractivity contribution in [2.45, 2.75) is 64.1 Å². The molecule has 0 spiro atoms. The Bertz CT molecular complexity index is 1470. The normalized spacial score (nSPS) is 12.6. The van der Waals surface area contributed by atoms with Gasteiger partial charge in [-0.2, -0.15) is 0 Å². The number of amides is 2. The van der Waals surface area contributed by atoms with E-state index in [1.165, 1.54) is 29.2 Å². The molecule has 0 radical (unpaired) electrons. The van der Waals surface area contributed by atoms with Crippen molar-refractivity contribution in [3.05, 3.63) is 83.4 Å². The van der Waals surface area contributed by atoms with Gasteiger partial charge in [-0.05, 0) is 92.9 Å². The Balaban J connectivity index is 2.07. The molecule has 3 aromatic rings. The molecule has 1 N–H and O–H groups in total. The Morgan fingerprint density at radius 2 is 1.60 bits per heavy atom. The van der Waals surface area contributed by atoms with Crippen molar-refractivity contribution >= 4 is 39.1 Å². The first-order valence-electron chi connectivity index (χ1n) is 14.3. The quantitative estimate of drug-likeness (QED) is 0.232. The molecule has 0 fully saturated rings. The second-order valence-corrected chi connectivity index (χ2v) is 12.3. The number of halogens is 1. The predicted octanol–water partition coefficient (Wildman–Crippen LogP) is 5.66. The standard InChI is InChI=1S/C32H40ClN3O6S/c1-6-23(4)34-32(38)30(7-2)35(21-24-10-9-11-28(20-24)41-5)31(37)22-36(26-14-16-27(17-15-26)42-8-3)43(39,40)29-18-12-25(33)13-19-29/h9-20,23,30H,6-8,21-22H2,1-5H3,(H,34,38)/t23-,30+/m0/s1. The number of ether oxygens (including phenoxy) is 2. The minimum absolute atomic E-state index is 0.0283. The second-order valence-electron chi connectivity index (χ2n) is 10.0. The van der Waals surface area contributed by atoms with Crippen LogP contribution in [0.4, 0.5) is 5.69 Å². The van der Waals surface area contributed by atoms with E-state index in [4.69, 9.17) is 21.1 Å². The summed E-state index contributed by atoms with van der Waals surface area (Å²) in [6, 6.07) is 18.5. The molecular weight excluding hydrogens is 590 g/mol. The van der Waals surface area contributed by atoms with Gasteiger partial charge in [-0.3, -0.25) is 13.9 Å². The third kappa shape index (κ3) is 8.87. The van der Waals surface area contributed by atoms with Crippen LogP contribution in [0.5, 0.6) is 11.5 Å². The van der Waals surface area contributed by atoms with E-state index < -0.39 is 28.5 Å². The largest absolute Gasteiger partial charge is 0.497 e. The van der Waals surface area contributed by atoms with Crippen molar-refractivity contribution in [3.8, 4) is 11.5 Å². The minimum Gasteiger partial charge on any atom is -0.497 e. The number of carbonyl (C=O) groups is 2. The number of sulfonamides is 1. The van der Waals surface area contributed by atoms with Gasteiger partial charge in [0.05, 0.1) is 24.3 Å². The molecule has 0 aliphatic carbocycles. The van der Waals surface area contributed by atoms with Crippen molar-refractivity contribution in [2.24, 2.45) is 0 Å². The van der Waals surface area contributed by atoms with Crippen molar-refractivity contribution in [1.29, 1.82) is 0 Å². The van der Waals surface area contributed by atoms with Crippen molar-refractivity contribution in [2.75, 3.05) is 24.6 Å². The Morgan fingerprint density at radius 3 is 2.19 bits per heavy atom. The molecule has 11 heteroatoms. The number of benzene rings is 3. The van der Waals surface area contributed by atoms with Crippen LogP contribution < -0.4 is 19.1 Å². The molecule has 232 valence electrons. The first kappa shape index (κ1) is 33.7. The van der Waals surface area contributed by atoms with E-state index >= 15 is 0 Å². The molecule has 9 nitrogen and oxygen atoms in total. The molecule has 0 saturated carbocycles. The number of nitrogens with zero attached hydrogens (tertiary/aromatic N) is 2. The lowest BCUT2D eigenvalue weighted by atomic mass is 10.1. The lowest BCUT2D eigenvalue weighted by Gasteiger charge is -2.33. The van der Waals surface area contributed by atoms with Crippen LogP contribution in [0.3, 0.4) is 0 Å². The Morgan fingerprint density at radius 1 is 0.930 bits per heavy atom. The van der Waals surface area contributed by atoms with Gasteiger partial charge in [-0.15, -0.1) is 0 Å². The molecule has 3 rings (SSSR count). The summed E-state index contributed by atoms with van der Waals surface area (Å²) in [5, 5.41) is 3.35. The summed E-state index contributed by atoms with van der Waals surface area (Å²) in [6.45, 7) is 7.49. The highest BCUT2D eigenvalue weighted by Crippen LogP contribution is 2.28. The molecule has 0 aromatic heterocycles. The number of anilines is 1. The van der Waals surface area contributed by atoms with Gasteiger partial charge in [0.2, 0.25) is 11.8 Å². The minimum atomic E-state index is -4.22. The number of rotatable bonds is 15. The molecule has 3 aromatic carbocycles. The summed E-state index contributed by atoms with van der Waals surface area (Å²) >= 11 is 6.03. The van der Waals surface area contributed by atoms with Crippen LogP contribution in [0.25, 0.3) is 0 Å². The van der Waals surface area contributed by atoms with E-state index in [0.29, 0.717) is 29.5 Å². The van der Waals surface area contributed by atoms with Gasteiger partial charge >= 0.3 is 0 Å². The maximum Gasteiger partial charge on any atom is 0.264 e. The number of methoxy groups -OCH3 is 1. The monoisotopic (exact) mass is 629 g/mol. The van der Waals surface area contributed by atoms with Crippen LogP contribution in [0.2, 0.25) is 5.02 Å². The Labute approximate surface area is 259 Å². The zero-order valence-corrected chi connectivity index (χ0v) is 26.8. The summed E-state index contributed by atoms with van der Waals surface area (Å²) in [7, 11) is -2.67. The molecule has 2 amide bonds. The molecule has 2 atom stereocenters. The van der Waals surface area contributed by atoms with Gasteiger partial charge in [0.15, 0.2) is 0 Å². The average Bonchev–Trinajstić information content (AvgIpc) is 3.00. The topological polar surface area (TPSA) is 105 Å². The molecule has 0 heterocycles. The Hall–Kier alpha value is -3.76. The summed E-state index contributed by atoms with van der Waals surface area (Å²) in [4.78, 5) is 29.0. The van der Waals surface area contributed by atoms with Crippen LogP contribution in [0, 0.1) is 0 Å². The number of hydrogen-bond donors (Lipinski definition) is 1. The van der Waals surface area contributed by atoms with E-state index in [2.05, 4.69) is 5.32 Å². The van der Waals surface area contributed by atoms with E-state index in [0.717, 1.165) is 16.3 Å². The SMILES string of the molecule is CCOc1ccc(N(CC(=O)N(Cc2cccc(OC)c2)[C@H](CC)C(=O)N[C@@H](C)CC)S(=O)(=O)c2ccc(Cl)cc2)cc1. The van der Waals surface area contributed by atoms with Gasteiger partial charge < -0.3 is 19.7 Å². The average molecular weight is 630 g/mol. The highest BCUT2D eigenvalue weighted by atomic mass is 35.5. The number of hydrogen-bond acceptors (Lipinski definition) is 6. The molecule has 0 aliphatic rings. The van der Waals surface area contributed by atoms with Crippen LogP contribution in [0.1, 0.15) is 46.1 Å². The zero-order valence-electron chi connectivity index (χ0n) is 25.2. The molecular formula is C32H40ClN3O6S. The van der Waals surface area contributed by atoms with Gasteiger partial charge in [0.1, 0.15) is 24.1 Å². The molecule has 0 aliphatic heterocycles. The molecule has 0 bridgehead atoms. The first-order chi connectivity index (χ1) is 20.5. The summed E-state index contributed by atoms with van der Waals surface area (Å²) in [5.74, 6) is 0.318. The lowest BCUT2D eigenvalue weighted by molar-refractivity contribution is -0.140. The van der Waals surface area contributed by atoms with Crippen molar-refractivity contribution in [1.82, 2.24) is 10.2 Å². The fourth-order valence-corrected chi connectivity index (χ4v) is 6.01. The van der Waals surface area contributed by atoms with E-state index in [1.54, 1.807) is 49.6 Å². The van der Waals surface area contributed by atoms with E-state index in [-0.39, 0.29) is 29.1 Å². The van der Waals surface area contributed by atoms with Crippen LogP contribution in [-0.4, -0.2) is 57.5 Å². The highest BCUT2D eigenvalue weighted by Gasteiger charge is 2.34. The maximum atomic E-state index is 14.2. The van der Waals surface area contributed by atoms with E-state index in [9.17, 15) is 18.0 Å². The summed E-state index contributed by atoms with van der Waals surface area (Å²) in [6.07, 6.45) is 1.04. The third-order valence-electron chi connectivity index (χ3n) is 6.99. The van der Waals surface area contributed by atoms with Crippen LogP contribution >= 0.6 is 11.6 Å². The zero-order chi connectivity index (χ0) is 31.6. The summed E-state index contributed by atoms with van der Waals surface area (Å²) < 4.78 is 39.9. The van der Waals surface area contributed by atoms with Crippen LogP contribution in [0.15, 0.2) is 77.7 Å². The van der Waals surface area contributed by atoms with Gasteiger partial charge in [-0.25, -0.2) is 8.42 Å². The molecule has 0 unspecified atom stereocenters. The number of carbonyl (C=O) groups excluding carboxylic acids is 2. The van der Waals surface area contributed by atoms with Crippen molar-refractivity contribution in [3.63, 3.8) is 0 Å². The Kier molecular flexibility index (Phi) is 12.3. The third-order valence-corrected chi connectivity index (χ3v) is 9.03. The molecule has 0 saturated heterocycles. The lowest BCUT2D eigenvalue weighted by Crippen LogP contribution is -2.53. The van der Waals surface area contributed by atoms with E-state index in [1.807, 2.05) is 33.8 Å². The van der Waals surface area contributed by atoms with Gasteiger partial charge in [0.25, 0.3) is 10.0 Å². The maximum absolute atomic E-state index is 14.2. The molecule has 43 heavy (non-hydrogen) atoms. The van der Waals surface area contributed by atoms with Crippen LogP contribution in [-0.2, 0) is 26.2 Å². The van der Waals surface area contributed by atoms with Crippen molar-refractivity contribution < 1.29 is 27.5 Å². The first-order valence-corrected chi connectivity index (χ1v) is 16.1. The predicted molar refractivity (Wildman–Crippen MR) is 169 cm³/mol. The van der Waals surface area contributed by atoms with Gasteiger partial charge in [-0.1, -0.05) is 37.6 Å². The highest BCUT2D eigenvalue weighted by molar-refractivity contribution is 7.92. The smallest absolute Gasteiger partial charge is 0.264 e.